The van der Waals surface area contributed by atoms with Crippen LogP contribution in [0.3, 0.4) is 0 Å². The van der Waals surface area contributed by atoms with Crippen molar-refractivity contribution in [3.63, 3.8) is 0 Å². The van der Waals surface area contributed by atoms with E-state index < -0.39 is 11.4 Å². The summed E-state index contributed by atoms with van der Waals surface area (Å²) >= 11 is 0. The molecule has 3 heteroatoms. The summed E-state index contributed by atoms with van der Waals surface area (Å²) in [5.74, 6) is 1.79. The van der Waals surface area contributed by atoms with E-state index in [-0.39, 0.29) is 33.7 Å². The zero-order valence-electron chi connectivity index (χ0n) is 22.0. The minimum atomic E-state index is -0.538. The molecule has 186 valence electrons. The van der Waals surface area contributed by atoms with E-state index in [1.165, 1.54) is 31.3 Å². The number of hydrogen-bond acceptors (Lipinski definition) is 2. The maximum atomic E-state index is 12.8. The number of aliphatic carboxylic acids is 1. The molecular weight excluding hydrogens is 408 g/mol. The first-order valence-electron chi connectivity index (χ1n) is 13.8. The van der Waals surface area contributed by atoms with Crippen molar-refractivity contribution < 1.29 is 15.0 Å². The number of rotatable bonds is 2. The third kappa shape index (κ3) is 2.75. The lowest BCUT2D eigenvalue weighted by atomic mass is 9.32. The molecule has 5 saturated carbocycles. The molecule has 2 N–H and O–H groups in total. The van der Waals surface area contributed by atoms with E-state index in [0.29, 0.717) is 23.7 Å². The molecule has 3 nitrogen and oxygen atoms in total. The number of allylic oxidation sites excluding steroid dienone is 1. The number of aliphatic hydroxyl groups excluding tert-OH is 1. The largest absolute Gasteiger partial charge is 0.481 e. The Hall–Kier alpha value is -0.830. The molecule has 0 spiro atoms. The Morgan fingerprint density at radius 1 is 0.818 bits per heavy atom. The third-order valence-corrected chi connectivity index (χ3v) is 13.5. The highest BCUT2D eigenvalue weighted by molar-refractivity contribution is 5.76. The molecule has 33 heavy (non-hydrogen) atoms. The fourth-order valence-electron chi connectivity index (χ4n) is 11.5. The van der Waals surface area contributed by atoms with E-state index >= 15 is 0 Å². The molecule has 5 rings (SSSR count). The van der Waals surface area contributed by atoms with Crippen molar-refractivity contribution in [3.8, 4) is 0 Å². The zero-order valence-corrected chi connectivity index (χ0v) is 22.0. The number of aliphatic hydroxyl groups is 1. The number of hydrogen-bond donors (Lipinski definition) is 2. The van der Waals surface area contributed by atoms with Gasteiger partial charge in [0, 0.05) is 0 Å². The second kappa shape index (κ2) is 7.11. The molecule has 0 heterocycles. The molecule has 5 aliphatic carbocycles. The molecule has 5 fully saturated rings. The summed E-state index contributed by atoms with van der Waals surface area (Å²) < 4.78 is 0. The van der Waals surface area contributed by atoms with Crippen molar-refractivity contribution in [2.45, 2.75) is 112 Å². The van der Waals surface area contributed by atoms with E-state index in [1.54, 1.807) is 0 Å². The van der Waals surface area contributed by atoms with Crippen molar-refractivity contribution >= 4 is 5.97 Å². The van der Waals surface area contributed by atoms with Gasteiger partial charge in [-0.2, -0.15) is 0 Å². The Labute approximate surface area is 201 Å². The summed E-state index contributed by atoms with van der Waals surface area (Å²) in [5.41, 5.74) is 1.35. The van der Waals surface area contributed by atoms with Crippen molar-refractivity contribution in [1.82, 2.24) is 0 Å². The summed E-state index contributed by atoms with van der Waals surface area (Å²) in [5, 5.41) is 21.4. The van der Waals surface area contributed by atoms with E-state index in [0.717, 1.165) is 38.5 Å². The summed E-state index contributed by atoms with van der Waals surface area (Å²) in [6.07, 6.45) is 10.5. The van der Waals surface area contributed by atoms with E-state index in [4.69, 9.17) is 0 Å². The smallest absolute Gasteiger partial charge is 0.309 e. The lowest BCUT2D eigenvalue weighted by molar-refractivity contribution is -0.248. The summed E-state index contributed by atoms with van der Waals surface area (Å²) in [7, 11) is 0. The van der Waals surface area contributed by atoms with Gasteiger partial charge in [0.1, 0.15) is 0 Å². The highest BCUT2D eigenvalue weighted by atomic mass is 16.4. The molecule has 0 bridgehead atoms. The lowest BCUT2D eigenvalue weighted by Crippen LogP contribution is -2.67. The molecule has 0 aromatic heterocycles. The molecule has 0 aliphatic heterocycles. The normalized spacial score (nSPS) is 55.0. The van der Waals surface area contributed by atoms with Gasteiger partial charge in [0.05, 0.1) is 11.5 Å². The number of carbonyl (C=O) groups is 1. The van der Waals surface area contributed by atoms with Gasteiger partial charge in [-0.3, -0.25) is 4.79 Å². The maximum absolute atomic E-state index is 12.8. The molecule has 10 atom stereocenters. The van der Waals surface area contributed by atoms with Gasteiger partial charge >= 0.3 is 5.97 Å². The van der Waals surface area contributed by atoms with Gasteiger partial charge in [0.2, 0.25) is 0 Å². The number of fused-ring (bicyclic) bond motifs is 7. The van der Waals surface area contributed by atoms with Crippen LogP contribution >= 0.6 is 0 Å². The maximum Gasteiger partial charge on any atom is 0.309 e. The molecule has 0 radical (unpaired) electrons. The van der Waals surface area contributed by atoms with Crippen molar-refractivity contribution in [2.75, 3.05) is 0 Å². The van der Waals surface area contributed by atoms with Crippen molar-refractivity contribution in [3.05, 3.63) is 12.2 Å². The minimum absolute atomic E-state index is 0.0202. The zero-order chi connectivity index (χ0) is 24.2. The Balaban J connectivity index is 1.57. The van der Waals surface area contributed by atoms with E-state index in [9.17, 15) is 15.0 Å². The molecular formula is C30H48O3. The van der Waals surface area contributed by atoms with Gasteiger partial charge in [0.25, 0.3) is 0 Å². The molecule has 0 unspecified atom stereocenters. The predicted octanol–water partition coefficient (Wildman–Crippen LogP) is 7.09. The van der Waals surface area contributed by atoms with Crippen molar-refractivity contribution in [1.29, 1.82) is 0 Å². The lowest BCUT2D eigenvalue weighted by Gasteiger charge is -2.72. The fraction of sp³-hybridized carbons (Fsp3) is 0.900. The average Bonchev–Trinajstić information content (AvgIpc) is 3.13. The van der Waals surface area contributed by atoms with Gasteiger partial charge in [0.15, 0.2) is 0 Å². The van der Waals surface area contributed by atoms with Crippen LogP contribution in [0.15, 0.2) is 12.2 Å². The van der Waals surface area contributed by atoms with Crippen LogP contribution in [0.2, 0.25) is 0 Å². The average molecular weight is 457 g/mol. The first-order valence-corrected chi connectivity index (χ1v) is 13.8. The summed E-state index contributed by atoms with van der Waals surface area (Å²) in [4.78, 5) is 12.8. The predicted molar refractivity (Wildman–Crippen MR) is 133 cm³/mol. The Morgan fingerprint density at radius 3 is 2.15 bits per heavy atom. The molecule has 5 aliphatic rings. The van der Waals surface area contributed by atoms with Gasteiger partial charge < -0.3 is 10.2 Å². The van der Waals surface area contributed by atoms with Gasteiger partial charge in [-0.25, -0.2) is 0 Å². The molecule has 0 saturated heterocycles. The van der Waals surface area contributed by atoms with Crippen LogP contribution in [-0.4, -0.2) is 22.3 Å². The topological polar surface area (TPSA) is 57.5 Å². The SMILES string of the molecule is C=C(C)[C@@H]1CC[C@@]2(C(=O)O)CC[C@]3(C)[C@@H](CC[C@@H]4[C@@]5(C)CC[C@H](O)C(C)(C)[C@H]5CC[C@@]43C)[C@@H]12. The Morgan fingerprint density at radius 2 is 1.52 bits per heavy atom. The first-order chi connectivity index (χ1) is 15.3. The molecule has 0 amide bonds. The van der Waals surface area contributed by atoms with Crippen LogP contribution in [0.5, 0.6) is 0 Å². The van der Waals surface area contributed by atoms with Gasteiger partial charge in [-0.1, -0.05) is 46.8 Å². The quantitative estimate of drug-likeness (QED) is 0.436. The third-order valence-electron chi connectivity index (χ3n) is 13.5. The van der Waals surface area contributed by atoms with Crippen LogP contribution in [0.4, 0.5) is 0 Å². The second-order valence-corrected chi connectivity index (χ2v) is 14.5. The highest BCUT2D eigenvalue weighted by Crippen LogP contribution is 2.77. The minimum Gasteiger partial charge on any atom is -0.481 e. The van der Waals surface area contributed by atoms with Gasteiger partial charge in [-0.15, -0.1) is 0 Å². The second-order valence-electron chi connectivity index (χ2n) is 14.5. The Bertz CT molecular complexity index is 861. The molecule has 0 aromatic carbocycles. The van der Waals surface area contributed by atoms with Crippen LogP contribution < -0.4 is 0 Å². The van der Waals surface area contributed by atoms with Crippen LogP contribution in [0.1, 0.15) is 106 Å². The van der Waals surface area contributed by atoms with Crippen LogP contribution in [0.25, 0.3) is 0 Å². The highest BCUT2D eigenvalue weighted by Gasteiger charge is 2.71. The number of carboxylic acid groups (broad SMARTS) is 1. The summed E-state index contributed by atoms with van der Waals surface area (Å²) in [6.45, 7) is 18.8. The van der Waals surface area contributed by atoms with Gasteiger partial charge in [-0.05, 0) is 122 Å². The van der Waals surface area contributed by atoms with E-state index in [1.807, 2.05) is 0 Å². The number of carboxylic acids is 1. The fourth-order valence-corrected chi connectivity index (χ4v) is 11.5. The van der Waals surface area contributed by atoms with E-state index in [2.05, 4.69) is 48.1 Å². The van der Waals surface area contributed by atoms with Crippen molar-refractivity contribution in [2.24, 2.45) is 56.7 Å². The standard InChI is InChI=1S/C30H48O3/c1-18(2)19-10-15-30(25(32)33)17-16-28(6)20(24(19)30)8-9-22-27(5)13-12-23(31)26(3,4)21(27)11-14-29(22,28)7/h19-24,31H,1,8-17H2,2-7H3,(H,32,33)/t19-,20-,21+,22+,23-,24+,27-,28+,29-,30+/m0/s1. The summed E-state index contributed by atoms with van der Waals surface area (Å²) in [6, 6.07) is 0. The monoisotopic (exact) mass is 456 g/mol. The van der Waals surface area contributed by atoms with Crippen LogP contribution in [-0.2, 0) is 4.79 Å². The van der Waals surface area contributed by atoms with Crippen LogP contribution in [0, 0.1) is 56.7 Å². The molecule has 0 aromatic rings. The Kier molecular flexibility index (Phi) is 5.15. The first kappa shape index (κ1) is 23.9.